The van der Waals surface area contributed by atoms with Gasteiger partial charge in [-0.15, -0.1) is 0 Å². The Hall–Kier alpha value is -4.71. The first-order valence-electron chi connectivity index (χ1n) is 10.3. The zero-order chi connectivity index (χ0) is 28.9. The number of nitro groups is 2. The maximum absolute atomic E-state index is 12.7. The molecule has 0 saturated heterocycles. The summed E-state index contributed by atoms with van der Waals surface area (Å²) in [5.74, 6) is -1.40. The van der Waals surface area contributed by atoms with Gasteiger partial charge in [-0.2, -0.15) is 13.7 Å². The number of nitriles is 1. The van der Waals surface area contributed by atoms with Gasteiger partial charge in [0.05, 0.1) is 32.7 Å². The number of para-hydroxylation sites is 1. The lowest BCUT2D eigenvalue weighted by atomic mass is 10.1. The molecule has 1 amide bonds. The van der Waals surface area contributed by atoms with Crippen LogP contribution in [0.5, 0.6) is 11.5 Å². The van der Waals surface area contributed by atoms with Gasteiger partial charge >= 0.3 is 10.1 Å². The molecule has 39 heavy (non-hydrogen) atoms. The molecule has 0 aliphatic heterocycles. The summed E-state index contributed by atoms with van der Waals surface area (Å²) in [6.07, 6.45) is 1.13. The highest BCUT2D eigenvalue weighted by Gasteiger charge is 2.28. The summed E-state index contributed by atoms with van der Waals surface area (Å²) >= 11 is 12.0. The number of non-ortho nitro benzene ring substituents is 1. The number of carbonyl (C=O) groups excluding carboxylic acids is 1. The maximum atomic E-state index is 12.7. The molecule has 0 heterocycles. The van der Waals surface area contributed by atoms with Gasteiger partial charge in [-0.25, -0.2) is 0 Å². The minimum absolute atomic E-state index is 0.134. The number of nitro benzene ring substituents is 2. The quantitative estimate of drug-likeness (QED) is 0.114. The summed E-state index contributed by atoms with van der Waals surface area (Å²) in [4.78, 5) is 32.6. The second kappa shape index (κ2) is 11.8. The van der Waals surface area contributed by atoms with Crippen LogP contribution in [0, 0.1) is 31.6 Å². The van der Waals surface area contributed by atoms with Crippen LogP contribution in [0.4, 0.5) is 17.1 Å². The number of rotatable bonds is 9. The third-order valence-electron chi connectivity index (χ3n) is 4.87. The van der Waals surface area contributed by atoms with Crippen molar-refractivity contribution in [2.24, 2.45) is 0 Å². The molecule has 1 N–H and O–H groups in total. The van der Waals surface area contributed by atoms with Gasteiger partial charge in [0.1, 0.15) is 11.6 Å². The summed E-state index contributed by atoms with van der Waals surface area (Å²) in [5.41, 5.74) is -1.48. The average Bonchev–Trinajstić information content (AvgIpc) is 2.89. The topological polar surface area (TPSA) is 192 Å². The van der Waals surface area contributed by atoms with Crippen molar-refractivity contribution < 1.29 is 32.0 Å². The highest BCUT2D eigenvalue weighted by atomic mass is 35.5. The molecular weight excluding hydrogens is 579 g/mol. The van der Waals surface area contributed by atoms with E-state index in [1.54, 1.807) is 6.07 Å². The van der Waals surface area contributed by atoms with E-state index in [1.807, 2.05) is 0 Å². The number of amides is 1. The fraction of sp³-hybridized carbons (Fsp3) is 0.0435. The van der Waals surface area contributed by atoms with Gasteiger partial charge in [-0.3, -0.25) is 25.0 Å². The lowest BCUT2D eigenvalue weighted by Crippen LogP contribution is -2.14. The van der Waals surface area contributed by atoms with Crippen molar-refractivity contribution in [2.45, 2.75) is 4.90 Å². The third-order valence-corrected chi connectivity index (χ3v) is 6.75. The van der Waals surface area contributed by atoms with Gasteiger partial charge in [-0.1, -0.05) is 41.4 Å². The summed E-state index contributed by atoms with van der Waals surface area (Å²) in [5, 5.41) is 33.5. The molecule has 3 aromatic rings. The Morgan fingerprint density at radius 3 is 2.23 bits per heavy atom. The third kappa shape index (κ3) is 6.60. The van der Waals surface area contributed by atoms with Crippen molar-refractivity contribution >= 4 is 62.4 Å². The van der Waals surface area contributed by atoms with Crippen LogP contribution < -0.4 is 14.2 Å². The largest absolute Gasteiger partial charge is 0.493 e. The van der Waals surface area contributed by atoms with Gasteiger partial charge in [0.15, 0.2) is 16.4 Å². The molecule has 0 aromatic heterocycles. The van der Waals surface area contributed by atoms with Crippen LogP contribution in [0.25, 0.3) is 6.08 Å². The maximum Gasteiger partial charge on any atom is 0.346 e. The second-order valence-corrected chi connectivity index (χ2v) is 9.67. The van der Waals surface area contributed by atoms with Crippen molar-refractivity contribution in [3.8, 4) is 17.6 Å². The zero-order valence-corrected chi connectivity index (χ0v) is 21.8. The number of hydrogen-bond acceptors (Lipinski definition) is 10. The molecule has 16 heteroatoms. The first-order valence-corrected chi connectivity index (χ1v) is 12.5. The second-order valence-electron chi connectivity index (χ2n) is 7.34. The number of carbonyl (C=O) groups is 1. The fourth-order valence-corrected chi connectivity index (χ4v) is 4.78. The van der Waals surface area contributed by atoms with Crippen LogP contribution >= 0.6 is 23.2 Å². The van der Waals surface area contributed by atoms with Gasteiger partial charge in [0, 0.05) is 18.2 Å². The normalized spacial score (nSPS) is 11.3. The van der Waals surface area contributed by atoms with E-state index in [0.29, 0.717) is 0 Å². The number of halogens is 2. The van der Waals surface area contributed by atoms with Crippen LogP contribution in [0.1, 0.15) is 5.56 Å². The minimum atomic E-state index is -4.65. The van der Waals surface area contributed by atoms with Crippen LogP contribution in [-0.2, 0) is 14.9 Å². The Bertz CT molecular complexity index is 1660. The van der Waals surface area contributed by atoms with E-state index in [9.17, 15) is 38.7 Å². The first kappa shape index (κ1) is 28.9. The highest BCUT2D eigenvalue weighted by molar-refractivity contribution is 7.87. The standard InChI is InChI=1S/C23H14Cl2N4O9S/c1-37-20-9-13(6-7-19(20)38-39(35,36)21-5-3-2-4-18(21)29(33)34)8-14(12-26)23(30)27-22-16(24)10-15(28(31)32)11-17(22)25/h2-11H,1H3,(H,27,30)/b14-8+. The SMILES string of the molecule is COc1cc(/C=C(\C#N)C(=O)Nc2c(Cl)cc([N+](=O)[O-])cc2Cl)ccc1OS(=O)(=O)c1ccccc1[N+](=O)[O-]. The zero-order valence-electron chi connectivity index (χ0n) is 19.5. The van der Waals surface area contributed by atoms with Gasteiger partial charge in [0.2, 0.25) is 0 Å². The average molecular weight is 593 g/mol. The van der Waals surface area contributed by atoms with E-state index in [1.165, 1.54) is 31.4 Å². The predicted molar refractivity (Wildman–Crippen MR) is 139 cm³/mol. The van der Waals surface area contributed by atoms with Crippen LogP contribution in [0.15, 0.2) is 65.1 Å². The van der Waals surface area contributed by atoms with Crippen molar-refractivity contribution in [1.29, 1.82) is 5.26 Å². The van der Waals surface area contributed by atoms with Crippen molar-refractivity contribution in [3.63, 3.8) is 0 Å². The van der Waals surface area contributed by atoms with Crippen molar-refractivity contribution in [3.05, 3.63) is 96.0 Å². The van der Waals surface area contributed by atoms with E-state index in [0.717, 1.165) is 36.4 Å². The number of ether oxygens (including phenoxy) is 1. The molecule has 0 radical (unpaired) electrons. The Morgan fingerprint density at radius 1 is 1.03 bits per heavy atom. The summed E-state index contributed by atoms with van der Waals surface area (Å²) in [7, 11) is -3.45. The molecule has 0 bridgehead atoms. The summed E-state index contributed by atoms with van der Waals surface area (Å²) < 4.78 is 35.7. The number of nitrogens with one attached hydrogen (secondary N) is 1. The smallest absolute Gasteiger partial charge is 0.346 e. The fourth-order valence-electron chi connectivity index (χ4n) is 3.11. The van der Waals surface area contributed by atoms with E-state index in [4.69, 9.17) is 32.1 Å². The van der Waals surface area contributed by atoms with E-state index >= 15 is 0 Å². The predicted octanol–water partition coefficient (Wildman–Crippen LogP) is 5.13. The van der Waals surface area contributed by atoms with Gasteiger partial charge < -0.3 is 14.2 Å². The molecule has 200 valence electrons. The number of methoxy groups -OCH3 is 1. The van der Waals surface area contributed by atoms with Crippen molar-refractivity contribution in [1.82, 2.24) is 0 Å². The molecule has 0 atom stereocenters. The molecule has 0 fully saturated rings. The highest BCUT2D eigenvalue weighted by Crippen LogP contribution is 2.36. The molecule has 13 nitrogen and oxygen atoms in total. The summed E-state index contributed by atoms with van der Waals surface area (Å²) in [6, 6.07) is 11.9. The Morgan fingerprint density at radius 2 is 1.67 bits per heavy atom. The van der Waals surface area contributed by atoms with Gasteiger partial charge in [-0.05, 0) is 29.8 Å². The molecular formula is C23H14Cl2N4O9S. The lowest BCUT2D eigenvalue weighted by Gasteiger charge is -2.12. The van der Waals surface area contributed by atoms with Crippen LogP contribution in [0.3, 0.4) is 0 Å². The van der Waals surface area contributed by atoms with Crippen LogP contribution in [0.2, 0.25) is 10.0 Å². The molecule has 3 aromatic carbocycles. The Kier molecular flexibility index (Phi) is 8.71. The van der Waals surface area contributed by atoms with Crippen LogP contribution in [-0.4, -0.2) is 31.3 Å². The number of nitrogens with zero attached hydrogens (tertiary/aromatic N) is 3. The minimum Gasteiger partial charge on any atom is -0.493 e. The molecule has 3 rings (SSSR count). The van der Waals surface area contributed by atoms with E-state index in [-0.39, 0.29) is 32.8 Å². The van der Waals surface area contributed by atoms with E-state index in [2.05, 4.69) is 5.32 Å². The molecule has 0 aliphatic carbocycles. The monoisotopic (exact) mass is 592 g/mol. The molecule has 0 saturated carbocycles. The Labute approximate surface area is 230 Å². The van der Waals surface area contributed by atoms with E-state index < -0.39 is 47.7 Å². The molecule has 0 spiro atoms. The van der Waals surface area contributed by atoms with Crippen molar-refractivity contribution in [2.75, 3.05) is 12.4 Å². The molecule has 0 aliphatic rings. The number of benzene rings is 3. The first-order chi connectivity index (χ1) is 18.4. The molecule has 0 unspecified atom stereocenters. The van der Waals surface area contributed by atoms with Gasteiger partial charge in [0.25, 0.3) is 17.3 Å². The number of anilines is 1. The lowest BCUT2D eigenvalue weighted by molar-refractivity contribution is -0.387. The Balaban J connectivity index is 1.90. The number of hydrogen-bond donors (Lipinski definition) is 1. The summed E-state index contributed by atoms with van der Waals surface area (Å²) in [6.45, 7) is 0.